The van der Waals surface area contributed by atoms with E-state index >= 15 is 0 Å². The molecule has 1 aromatic carbocycles. The quantitative estimate of drug-likeness (QED) is 0.348. The van der Waals surface area contributed by atoms with Gasteiger partial charge in [0, 0.05) is 33.3 Å². The molecule has 0 saturated carbocycles. The van der Waals surface area contributed by atoms with Crippen molar-refractivity contribution in [2.75, 3.05) is 32.5 Å². The van der Waals surface area contributed by atoms with Gasteiger partial charge in [-0.2, -0.15) is 0 Å². The number of rotatable bonds is 9. The summed E-state index contributed by atoms with van der Waals surface area (Å²) in [6.45, 7) is 6.27. The number of unbranched alkanes of at least 4 members (excludes halogenated alkanes) is 2. The molecule has 1 rings (SSSR count). The lowest BCUT2D eigenvalue weighted by Gasteiger charge is -2.19. The van der Waals surface area contributed by atoms with Crippen LogP contribution in [-0.2, 0) is 4.74 Å². The van der Waals surface area contributed by atoms with Gasteiger partial charge in [-0.25, -0.2) is 4.79 Å². The first-order valence-corrected chi connectivity index (χ1v) is 9.71. The maximum Gasteiger partial charge on any atom is 0.407 e. The number of nitrogens with zero attached hydrogens (tertiary/aromatic N) is 2. The van der Waals surface area contributed by atoms with E-state index in [0.717, 1.165) is 12.8 Å². The third-order valence-electron chi connectivity index (χ3n) is 3.77. The average Bonchev–Trinajstić information content (AvgIpc) is 2.58. The zero-order valence-electron chi connectivity index (χ0n) is 17.5. The van der Waals surface area contributed by atoms with Gasteiger partial charge in [0.15, 0.2) is 0 Å². The highest BCUT2D eigenvalue weighted by Gasteiger charge is 2.25. The van der Waals surface area contributed by atoms with Crippen LogP contribution in [0.1, 0.15) is 50.4 Å². The molecule has 0 fully saturated rings. The van der Waals surface area contributed by atoms with E-state index in [-0.39, 0.29) is 22.0 Å². The minimum atomic E-state index is -0.546. The van der Waals surface area contributed by atoms with Crippen molar-refractivity contribution in [3.05, 3.63) is 32.8 Å². The van der Waals surface area contributed by atoms with Gasteiger partial charge < -0.3 is 20.3 Å². The number of nitro groups is 1. The topological polar surface area (TPSA) is 114 Å². The largest absolute Gasteiger partial charge is 0.444 e. The molecule has 162 valence electrons. The standard InChI is InChI=1S/C19H29ClN4O5/c1-19(2,3)29-18(26)22-12-8-6-7-11-21-16-14(24(27)28)10-9-13(20)15(16)17(25)23(4)5/h9-10,21H,6-8,11-12H2,1-5H3,(H,22,26). The smallest absolute Gasteiger partial charge is 0.407 e. The van der Waals surface area contributed by atoms with Gasteiger partial charge in [0.2, 0.25) is 0 Å². The fraction of sp³-hybridized carbons (Fsp3) is 0.579. The fourth-order valence-electron chi connectivity index (χ4n) is 2.47. The average molecular weight is 429 g/mol. The first kappa shape index (κ1) is 24.5. The highest BCUT2D eigenvalue weighted by atomic mass is 35.5. The van der Waals surface area contributed by atoms with Crippen LogP contribution < -0.4 is 10.6 Å². The third kappa shape index (κ3) is 8.15. The Bertz CT molecular complexity index is 747. The first-order chi connectivity index (χ1) is 13.4. The van der Waals surface area contributed by atoms with Crippen molar-refractivity contribution in [3.63, 3.8) is 0 Å². The van der Waals surface area contributed by atoms with Crippen molar-refractivity contribution >= 4 is 35.0 Å². The third-order valence-corrected chi connectivity index (χ3v) is 4.09. The van der Waals surface area contributed by atoms with E-state index in [0.29, 0.717) is 19.5 Å². The Labute approximate surface area is 175 Å². The summed E-state index contributed by atoms with van der Waals surface area (Å²) >= 11 is 6.14. The van der Waals surface area contributed by atoms with E-state index in [1.165, 1.54) is 17.0 Å². The highest BCUT2D eigenvalue weighted by molar-refractivity contribution is 6.35. The molecule has 0 aliphatic heterocycles. The molecule has 0 radical (unpaired) electrons. The van der Waals surface area contributed by atoms with Gasteiger partial charge in [-0.05, 0) is 46.1 Å². The van der Waals surface area contributed by atoms with Crippen LogP contribution in [0, 0.1) is 10.1 Å². The number of hydrogen-bond donors (Lipinski definition) is 2. The van der Waals surface area contributed by atoms with Crippen LogP contribution in [-0.4, -0.2) is 54.6 Å². The fourth-order valence-corrected chi connectivity index (χ4v) is 2.71. The number of nitrogens with one attached hydrogen (secondary N) is 2. The van der Waals surface area contributed by atoms with E-state index in [1.807, 2.05) is 0 Å². The van der Waals surface area contributed by atoms with E-state index in [1.54, 1.807) is 34.9 Å². The Morgan fingerprint density at radius 2 is 1.79 bits per heavy atom. The summed E-state index contributed by atoms with van der Waals surface area (Å²) in [5.41, 5.74) is -0.543. The Balaban J connectivity index is 2.61. The number of halogens is 1. The van der Waals surface area contributed by atoms with Gasteiger partial charge in [0.1, 0.15) is 11.3 Å². The molecule has 0 spiro atoms. The minimum Gasteiger partial charge on any atom is -0.444 e. The molecule has 9 nitrogen and oxygen atoms in total. The van der Waals surface area contributed by atoms with Crippen LogP contribution in [0.3, 0.4) is 0 Å². The number of ether oxygens (including phenoxy) is 1. The zero-order chi connectivity index (χ0) is 22.2. The van der Waals surface area contributed by atoms with Crippen LogP contribution in [0.4, 0.5) is 16.2 Å². The summed E-state index contributed by atoms with van der Waals surface area (Å²) in [4.78, 5) is 36.1. The molecule has 29 heavy (non-hydrogen) atoms. The van der Waals surface area contributed by atoms with Crippen molar-refractivity contribution in [1.82, 2.24) is 10.2 Å². The molecule has 0 saturated heterocycles. The number of carbonyl (C=O) groups is 2. The van der Waals surface area contributed by atoms with Crippen LogP contribution in [0.25, 0.3) is 0 Å². The number of amides is 2. The van der Waals surface area contributed by atoms with Gasteiger partial charge in [-0.1, -0.05) is 11.6 Å². The zero-order valence-corrected chi connectivity index (χ0v) is 18.3. The molecule has 0 aromatic heterocycles. The van der Waals surface area contributed by atoms with Crippen molar-refractivity contribution < 1.29 is 19.2 Å². The van der Waals surface area contributed by atoms with E-state index < -0.39 is 22.5 Å². The summed E-state index contributed by atoms with van der Waals surface area (Å²) in [5, 5.41) is 17.2. The van der Waals surface area contributed by atoms with Gasteiger partial charge in [-0.15, -0.1) is 0 Å². The molecule has 0 atom stereocenters. The molecule has 0 aliphatic carbocycles. The van der Waals surface area contributed by atoms with Gasteiger partial charge in [0.25, 0.3) is 11.6 Å². The summed E-state index contributed by atoms with van der Waals surface area (Å²) < 4.78 is 5.15. The maximum atomic E-state index is 12.4. The Morgan fingerprint density at radius 1 is 1.17 bits per heavy atom. The highest BCUT2D eigenvalue weighted by Crippen LogP contribution is 2.34. The number of alkyl carbamates (subject to hydrolysis) is 1. The lowest BCUT2D eigenvalue weighted by molar-refractivity contribution is -0.384. The molecule has 1 aromatic rings. The molecular formula is C19H29ClN4O5. The van der Waals surface area contributed by atoms with Crippen LogP contribution >= 0.6 is 11.6 Å². The minimum absolute atomic E-state index is 0.0810. The predicted octanol–water partition coefficient (Wildman–Crippen LogP) is 4.06. The molecule has 10 heteroatoms. The van der Waals surface area contributed by atoms with E-state index in [2.05, 4.69) is 10.6 Å². The van der Waals surface area contributed by atoms with Gasteiger partial charge in [0.05, 0.1) is 15.5 Å². The molecular weight excluding hydrogens is 400 g/mol. The van der Waals surface area contributed by atoms with Crippen LogP contribution in [0.15, 0.2) is 12.1 Å². The van der Waals surface area contributed by atoms with Gasteiger partial charge in [-0.3, -0.25) is 14.9 Å². The number of nitro benzene ring substituents is 1. The molecule has 0 bridgehead atoms. The van der Waals surface area contributed by atoms with Crippen molar-refractivity contribution in [1.29, 1.82) is 0 Å². The summed E-state index contributed by atoms with van der Waals surface area (Å²) in [5.74, 6) is -0.414. The Hall–Kier alpha value is -2.55. The molecule has 0 heterocycles. The van der Waals surface area contributed by atoms with Crippen molar-refractivity contribution in [2.24, 2.45) is 0 Å². The van der Waals surface area contributed by atoms with Crippen LogP contribution in [0.5, 0.6) is 0 Å². The maximum absolute atomic E-state index is 12.4. The summed E-state index contributed by atoms with van der Waals surface area (Å²) in [6, 6.07) is 2.63. The second-order valence-electron chi connectivity index (χ2n) is 7.69. The molecule has 2 amide bonds. The normalized spacial score (nSPS) is 11.0. The number of hydrogen-bond acceptors (Lipinski definition) is 6. The monoisotopic (exact) mass is 428 g/mol. The van der Waals surface area contributed by atoms with Gasteiger partial charge >= 0.3 is 6.09 Å². The summed E-state index contributed by atoms with van der Waals surface area (Å²) in [7, 11) is 3.11. The van der Waals surface area contributed by atoms with Crippen molar-refractivity contribution in [2.45, 2.75) is 45.6 Å². The molecule has 2 N–H and O–H groups in total. The predicted molar refractivity (Wildman–Crippen MR) is 113 cm³/mol. The van der Waals surface area contributed by atoms with E-state index in [9.17, 15) is 19.7 Å². The van der Waals surface area contributed by atoms with Crippen molar-refractivity contribution in [3.8, 4) is 0 Å². The number of carbonyl (C=O) groups excluding carboxylic acids is 2. The lowest BCUT2D eigenvalue weighted by atomic mass is 10.1. The Kier molecular flexibility index (Phi) is 9.16. The summed E-state index contributed by atoms with van der Waals surface area (Å²) in [6.07, 6.45) is 1.72. The van der Waals surface area contributed by atoms with Crippen LogP contribution in [0.2, 0.25) is 5.02 Å². The lowest BCUT2D eigenvalue weighted by Crippen LogP contribution is -2.33. The Morgan fingerprint density at radius 3 is 2.34 bits per heavy atom. The molecule has 0 aliphatic rings. The number of benzene rings is 1. The van der Waals surface area contributed by atoms with E-state index in [4.69, 9.17) is 16.3 Å². The SMILES string of the molecule is CN(C)C(=O)c1c(Cl)ccc([N+](=O)[O-])c1NCCCCCNC(=O)OC(C)(C)C. The second kappa shape index (κ2) is 10.8. The first-order valence-electron chi connectivity index (χ1n) is 9.33. The second-order valence-corrected chi connectivity index (χ2v) is 8.10. The molecule has 0 unspecified atom stereocenters. The number of anilines is 1.